The molecule has 2 fully saturated rings. The summed E-state index contributed by atoms with van der Waals surface area (Å²) >= 11 is 0. The lowest BCUT2D eigenvalue weighted by molar-refractivity contribution is -0.103. The summed E-state index contributed by atoms with van der Waals surface area (Å²) in [7, 11) is 0. The minimum atomic E-state index is -0.172. The monoisotopic (exact) mass is 379 g/mol. The number of benzene rings is 1. The Morgan fingerprint density at radius 2 is 2.00 bits per heavy atom. The van der Waals surface area contributed by atoms with Gasteiger partial charge in [-0.2, -0.15) is 10.1 Å². The fourth-order valence-corrected chi connectivity index (χ4v) is 4.63. The van der Waals surface area contributed by atoms with Gasteiger partial charge >= 0.3 is 0 Å². The van der Waals surface area contributed by atoms with Gasteiger partial charge in [0.2, 0.25) is 5.95 Å². The maximum Gasteiger partial charge on any atom is 0.263 e. The second-order valence-electron chi connectivity index (χ2n) is 7.97. The van der Waals surface area contributed by atoms with Gasteiger partial charge in [0.1, 0.15) is 5.39 Å². The molecule has 1 spiro atoms. The van der Waals surface area contributed by atoms with E-state index in [4.69, 9.17) is 9.72 Å². The van der Waals surface area contributed by atoms with Gasteiger partial charge in [0.05, 0.1) is 17.5 Å². The predicted molar refractivity (Wildman–Crippen MR) is 108 cm³/mol. The van der Waals surface area contributed by atoms with Crippen molar-refractivity contribution in [2.45, 2.75) is 56.6 Å². The Morgan fingerprint density at radius 3 is 2.82 bits per heavy atom. The van der Waals surface area contributed by atoms with Gasteiger partial charge in [-0.15, -0.1) is 0 Å². The van der Waals surface area contributed by atoms with Crippen LogP contribution < -0.4 is 10.9 Å². The zero-order valence-corrected chi connectivity index (χ0v) is 15.9. The Bertz CT molecular complexity index is 1010. The second kappa shape index (κ2) is 7.05. The van der Waals surface area contributed by atoms with Crippen molar-refractivity contribution in [1.29, 1.82) is 0 Å². The maximum absolute atomic E-state index is 12.6. The van der Waals surface area contributed by atoms with Gasteiger partial charge < -0.3 is 10.1 Å². The van der Waals surface area contributed by atoms with Crippen molar-refractivity contribution in [3.63, 3.8) is 0 Å². The van der Waals surface area contributed by atoms with Crippen LogP contribution in [0.3, 0.4) is 0 Å². The Morgan fingerprint density at radius 1 is 1.18 bits per heavy atom. The molecule has 3 heterocycles. The first-order chi connectivity index (χ1) is 13.7. The van der Waals surface area contributed by atoms with E-state index in [2.05, 4.69) is 15.4 Å². The third-order valence-corrected chi connectivity index (χ3v) is 6.04. The van der Waals surface area contributed by atoms with Gasteiger partial charge in [-0.3, -0.25) is 9.78 Å². The van der Waals surface area contributed by atoms with Crippen LogP contribution >= 0.6 is 0 Å². The molecule has 5 rings (SSSR count). The number of H-pyrrole nitrogens is 1. The van der Waals surface area contributed by atoms with Gasteiger partial charge in [0.15, 0.2) is 5.65 Å². The highest BCUT2D eigenvalue weighted by atomic mass is 16.5. The number of rotatable bonds is 3. The van der Waals surface area contributed by atoms with Crippen molar-refractivity contribution in [3.05, 3.63) is 46.9 Å². The van der Waals surface area contributed by atoms with Gasteiger partial charge in [0.25, 0.3) is 5.56 Å². The van der Waals surface area contributed by atoms with Crippen LogP contribution in [-0.4, -0.2) is 38.0 Å². The number of para-hydroxylation sites is 1. The van der Waals surface area contributed by atoms with E-state index in [-0.39, 0.29) is 17.2 Å². The summed E-state index contributed by atoms with van der Waals surface area (Å²) in [5.41, 5.74) is 1.28. The standard InChI is InChI=1S/C21H25N5O2/c27-19-17-14-22-26(16-7-3-1-4-8-16)18(17)24-20(25-19)23-15-9-12-28-21(13-15)10-5-2-6-11-21/h1,3-4,7-8,14-15H,2,5-6,9-13H2,(H2,23,24,25,27). The van der Waals surface area contributed by atoms with Crippen LogP contribution in [0.4, 0.5) is 5.95 Å². The third kappa shape index (κ3) is 3.20. The number of aromatic amines is 1. The number of hydrogen-bond acceptors (Lipinski definition) is 5. The van der Waals surface area contributed by atoms with Crippen molar-refractivity contribution in [2.75, 3.05) is 11.9 Å². The molecule has 1 saturated heterocycles. The lowest BCUT2D eigenvalue weighted by Gasteiger charge is -2.43. The number of anilines is 1. The molecule has 1 aliphatic heterocycles. The number of nitrogens with zero attached hydrogens (tertiary/aromatic N) is 3. The van der Waals surface area contributed by atoms with E-state index in [9.17, 15) is 4.79 Å². The van der Waals surface area contributed by atoms with E-state index in [1.165, 1.54) is 19.3 Å². The number of fused-ring (bicyclic) bond motifs is 1. The van der Waals surface area contributed by atoms with Crippen LogP contribution in [0.2, 0.25) is 0 Å². The summed E-state index contributed by atoms with van der Waals surface area (Å²) in [5, 5.41) is 8.33. The number of ether oxygens (including phenoxy) is 1. The predicted octanol–water partition coefficient (Wildman–Crippen LogP) is 3.40. The molecular formula is C21H25N5O2. The largest absolute Gasteiger partial charge is 0.375 e. The molecule has 146 valence electrons. The first-order valence-electron chi connectivity index (χ1n) is 10.2. The molecule has 1 atom stereocenters. The van der Waals surface area contributed by atoms with Crippen LogP contribution in [0.15, 0.2) is 41.3 Å². The van der Waals surface area contributed by atoms with Gasteiger partial charge in [-0.1, -0.05) is 37.5 Å². The number of aromatic nitrogens is 4. The van der Waals surface area contributed by atoms with Crippen LogP contribution in [0.5, 0.6) is 0 Å². The first-order valence-corrected chi connectivity index (χ1v) is 10.2. The van der Waals surface area contributed by atoms with Crippen molar-refractivity contribution in [1.82, 2.24) is 19.7 Å². The highest BCUT2D eigenvalue weighted by Crippen LogP contribution is 2.39. The molecule has 7 nitrogen and oxygen atoms in total. The maximum atomic E-state index is 12.6. The van der Waals surface area contributed by atoms with Crippen molar-refractivity contribution in [3.8, 4) is 5.69 Å². The normalized spacial score (nSPS) is 21.8. The quantitative estimate of drug-likeness (QED) is 0.729. The highest BCUT2D eigenvalue weighted by molar-refractivity contribution is 5.76. The molecule has 7 heteroatoms. The molecule has 0 amide bonds. The molecule has 28 heavy (non-hydrogen) atoms. The van der Waals surface area contributed by atoms with Gasteiger partial charge in [-0.25, -0.2) is 4.68 Å². The molecule has 1 saturated carbocycles. The van der Waals surface area contributed by atoms with E-state index in [0.717, 1.165) is 38.0 Å². The Kier molecular flexibility index (Phi) is 4.39. The average molecular weight is 379 g/mol. The second-order valence-corrected chi connectivity index (χ2v) is 7.97. The summed E-state index contributed by atoms with van der Waals surface area (Å²) in [5.74, 6) is 0.507. The Labute approximate surface area is 163 Å². The topological polar surface area (TPSA) is 84.8 Å². The smallest absolute Gasteiger partial charge is 0.263 e. The van der Waals surface area contributed by atoms with Crippen LogP contribution in [0, 0.1) is 0 Å². The summed E-state index contributed by atoms with van der Waals surface area (Å²) in [6, 6.07) is 10.00. The Balaban J connectivity index is 1.44. The molecule has 1 aliphatic carbocycles. The van der Waals surface area contributed by atoms with Crippen molar-refractivity contribution < 1.29 is 4.74 Å². The molecule has 1 aromatic carbocycles. The van der Waals surface area contributed by atoms with E-state index in [1.807, 2.05) is 30.3 Å². The van der Waals surface area contributed by atoms with Crippen LogP contribution in [-0.2, 0) is 4.74 Å². The first kappa shape index (κ1) is 17.4. The molecule has 2 N–H and O–H groups in total. The molecular weight excluding hydrogens is 354 g/mol. The van der Waals surface area contributed by atoms with E-state index in [1.54, 1.807) is 10.9 Å². The molecule has 2 aliphatic rings. The van der Waals surface area contributed by atoms with Crippen molar-refractivity contribution in [2.24, 2.45) is 0 Å². The molecule has 3 aromatic rings. The zero-order chi connectivity index (χ0) is 19.0. The van der Waals surface area contributed by atoms with Crippen LogP contribution in [0.1, 0.15) is 44.9 Å². The summed E-state index contributed by atoms with van der Waals surface area (Å²) < 4.78 is 7.90. The summed E-state index contributed by atoms with van der Waals surface area (Å²) in [6.45, 7) is 0.756. The molecule has 1 unspecified atom stereocenters. The SMILES string of the molecule is O=c1[nH]c(NC2CCOC3(CCCCC3)C2)nc2c1cnn2-c1ccccc1. The molecule has 0 radical (unpaired) electrons. The minimum absolute atomic E-state index is 0.00434. The third-order valence-electron chi connectivity index (χ3n) is 6.04. The fourth-order valence-electron chi connectivity index (χ4n) is 4.63. The van der Waals surface area contributed by atoms with Crippen molar-refractivity contribution >= 4 is 17.0 Å². The lowest BCUT2D eigenvalue weighted by atomic mass is 9.78. The fraction of sp³-hybridized carbons (Fsp3) is 0.476. The van der Waals surface area contributed by atoms with Crippen LogP contribution in [0.25, 0.3) is 16.7 Å². The van der Waals surface area contributed by atoms with E-state index >= 15 is 0 Å². The summed E-state index contributed by atoms with van der Waals surface area (Å²) in [4.78, 5) is 20.1. The number of hydrogen-bond donors (Lipinski definition) is 2. The Hall–Kier alpha value is -2.67. The minimum Gasteiger partial charge on any atom is -0.375 e. The van der Waals surface area contributed by atoms with Gasteiger partial charge in [-0.05, 0) is 37.8 Å². The highest BCUT2D eigenvalue weighted by Gasteiger charge is 2.38. The lowest BCUT2D eigenvalue weighted by Crippen LogP contribution is -2.46. The molecule has 2 aromatic heterocycles. The van der Waals surface area contributed by atoms with Gasteiger partial charge in [0, 0.05) is 12.6 Å². The van der Waals surface area contributed by atoms with E-state index < -0.39 is 0 Å². The average Bonchev–Trinajstić information content (AvgIpc) is 3.14. The summed E-state index contributed by atoms with van der Waals surface area (Å²) in [6.07, 6.45) is 9.51. The number of nitrogens with one attached hydrogen (secondary N) is 2. The molecule has 0 bridgehead atoms. The van der Waals surface area contributed by atoms with E-state index in [0.29, 0.717) is 17.0 Å². The zero-order valence-electron chi connectivity index (χ0n) is 15.9.